The number of nitrogens with zero attached hydrogens (tertiary/aromatic N) is 4. The Morgan fingerprint density at radius 3 is 2.88 bits per heavy atom. The van der Waals surface area contributed by atoms with Gasteiger partial charge >= 0.3 is 0 Å². The maximum absolute atomic E-state index is 5.91. The first kappa shape index (κ1) is 15.1. The highest BCUT2D eigenvalue weighted by Crippen LogP contribution is 2.34. The van der Waals surface area contributed by atoms with E-state index >= 15 is 0 Å². The molecule has 4 rings (SSSR count). The Morgan fingerprint density at radius 2 is 2.00 bits per heavy atom. The minimum Gasteiger partial charge on any atom is -0.393 e. The second-order valence-electron chi connectivity index (χ2n) is 6.15. The number of hydrogen-bond donors (Lipinski definition) is 2. The standard InChI is InChI=1S/C17H17ClN6/c18-16-15(19)17(22-9-21-16)23-12-5-10(6-12)7-14-20-8-11-3-1-2-4-13(11)24-14/h1-4,8-10,12H,5-7,19H2,(H,21,22,23). The van der Waals surface area contributed by atoms with Crippen LogP contribution < -0.4 is 11.1 Å². The van der Waals surface area contributed by atoms with E-state index in [-0.39, 0.29) is 5.15 Å². The third-order valence-corrected chi connectivity index (χ3v) is 4.72. The summed E-state index contributed by atoms with van der Waals surface area (Å²) in [6.07, 6.45) is 6.28. The van der Waals surface area contributed by atoms with E-state index in [1.807, 2.05) is 30.5 Å². The number of aromatic nitrogens is 4. The molecule has 2 heterocycles. The van der Waals surface area contributed by atoms with Gasteiger partial charge in [-0.3, -0.25) is 0 Å². The van der Waals surface area contributed by atoms with Crippen LogP contribution in [0.15, 0.2) is 36.8 Å². The Morgan fingerprint density at radius 1 is 1.17 bits per heavy atom. The molecule has 1 aliphatic rings. The summed E-state index contributed by atoms with van der Waals surface area (Å²) < 4.78 is 0. The summed E-state index contributed by atoms with van der Waals surface area (Å²) in [4.78, 5) is 17.1. The van der Waals surface area contributed by atoms with E-state index in [4.69, 9.17) is 17.3 Å². The molecular weight excluding hydrogens is 324 g/mol. The van der Waals surface area contributed by atoms with Crippen LogP contribution in [0.1, 0.15) is 18.7 Å². The number of anilines is 2. The summed E-state index contributed by atoms with van der Waals surface area (Å²) in [5.74, 6) is 2.09. The van der Waals surface area contributed by atoms with Crippen molar-refractivity contribution in [3.63, 3.8) is 0 Å². The maximum atomic E-state index is 5.91. The minimum atomic E-state index is 0.285. The molecular formula is C17H17ClN6. The molecule has 0 spiro atoms. The molecule has 0 amide bonds. The predicted octanol–water partition coefficient (Wildman–Crippen LogP) is 3.09. The van der Waals surface area contributed by atoms with Crippen molar-refractivity contribution >= 4 is 34.0 Å². The second kappa shape index (κ2) is 6.20. The smallest absolute Gasteiger partial charge is 0.157 e. The summed E-state index contributed by atoms with van der Waals surface area (Å²) in [7, 11) is 0. The summed E-state index contributed by atoms with van der Waals surface area (Å²) in [5.41, 5.74) is 7.28. The molecule has 0 bridgehead atoms. The number of nitrogen functional groups attached to an aromatic ring is 1. The van der Waals surface area contributed by atoms with Crippen molar-refractivity contribution in [3.8, 4) is 0 Å². The second-order valence-corrected chi connectivity index (χ2v) is 6.51. The van der Waals surface area contributed by atoms with Crippen LogP contribution in [-0.2, 0) is 6.42 Å². The summed E-state index contributed by atoms with van der Waals surface area (Å²) >= 11 is 5.91. The van der Waals surface area contributed by atoms with Gasteiger partial charge in [0.15, 0.2) is 11.0 Å². The fraction of sp³-hybridized carbons (Fsp3) is 0.294. The number of halogens is 1. The zero-order chi connectivity index (χ0) is 16.5. The van der Waals surface area contributed by atoms with Crippen LogP contribution in [0, 0.1) is 5.92 Å². The van der Waals surface area contributed by atoms with Crippen molar-refractivity contribution in [2.75, 3.05) is 11.1 Å². The molecule has 3 N–H and O–H groups in total. The Balaban J connectivity index is 1.36. The zero-order valence-corrected chi connectivity index (χ0v) is 13.7. The van der Waals surface area contributed by atoms with Crippen LogP contribution in [0.4, 0.5) is 11.5 Å². The average Bonchev–Trinajstić information content (AvgIpc) is 2.56. The monoisotopic (exact) mass is 340 g/mol. The van der Waals surface area contributed by atoms with Crippen LogP contribution in [0.2, 0.25) is 5.15 Å². The first-order valence-corrected chi connectivity index (χ1v) is 8.30. The normalized spacial score (nSPS) is 19.9. The third-order valence-electron chi connectivity index (χ3n) is 4.42. The SMILES string of the molecule is Nc1c(Cl)ncnc1NC1CC(Cc2ncc3ccccc3n2)C1. The molecule has 1 aromatic carbocycles. The average molecular weight is 341 g/mol. The number of fused-ring (bicyclic) bond motifs is 1. The van der Waals surface area contributed by atoms with Crippen molar-refractivity contribution in [1.29, 1.82) is 0 Å². The Hall–Kier alpha value is -2.47. The highest BCUT2D eigenvalue weighted by Gasteiger charge is 2.30. The van der Waals surface area contributed by atoms with Gasteiger partial charge in [0.1, 0.15) is 17.8 Å². The predicted molar refractivity (Wildman–Crippen MR) is 94.8 cm³/mol. The van der Waals surface area contributed by atoms with Gasteiger partial charge in [-0.1, -0.05) is 29.8 Å². The molecule has 1 saturated carbocycles. The summed E-state index contributed by atoms with van der Waals surface area (Å²) in [5, 5.41) is 4.69. The van der Waals surface area contributed by atoms with E-state index in [1.165, 1.54) is 6.33 Å². The van der Waals surface area contributed by atoms with Gasteiger partial charge in [-0.05, 0) is 24.8 Å². The maximum Gasteiger partial charge on any atom is 0.157 e. The van der Waals surface area contributed by atoms with E-state index < -0.39 is 0 Å². The van der Waals surface area contributed by atoms with Crippen LogP contribution in [0.5, 0.6) is 0 Å². The van der Waals surface area contributed by atoms with Crippen LogP contribution in [0.25, 0.3) is 10.9 Å². The zero-order valence-electron chi connectivity index (χ0n) is 13.0. The molecule has 0 radical (unpaired) electrons. The molecule has 3 aromatic rings. The number of nitrogens with one attached hydrogen (secondary N) is 1. The lowest BCUT2D eigenvalue weighted by molar-refractivity contribution is 0.277. The third kappa shape index (κ3) is 2.97. The first-order valence-electron chi connectivity index (χ1n) is 7.92. The van der Waals surface area contributed by atoms with E-state index in [0.29, 0.717) is 23.5 Å². The molecule has 0 atom stereocenters. The van der Waals surface area contributed by atoms with Crippen LogP contribution in [-0.4, -0.2) is 26.0 Å². The fourth-order valence-electron chi connectivity index (χ4n) is 3.07. The van der Waals surface area contributed by atoms with E-state index in [9.17, 15) is 0 Å². The Bertz CT molecular complexity index is 878. The molecule has 7 heteroatoms. The van der Waals surface area contributed by atoms with Gasteiger partial charge in [0.05, 0.1) is 5.52 Å². The topological polar surface area (TPSA) is 89.6 Å². The molecule has 6 nitrogen and oxygen atoms in total. The van der Waals surface area contributed by atoms with Gasteiger partial charge in [-0.2, -0.15) is 0 Å². The molecule has 0 saturated heterocycles. The fourth-order valence-corrected chi connectivity index (χ4v) is 3.20. The van der Waals surface area contributed by atoms with Gasteiger partial charge in [0, 0.05) is 24.0 Å². The number of hydrogen-bond acceptors (Lipinski definition) is 6. The van der Waals surface area contributed by atoms with Gasteiger partial charge in [0.2, 0.25) is 0 Å². The van der Waals surface area contributed by atoms with Gasteiger partial charge < -0.3 is 11.1 Å². The quantitative estimate of drug-likeness (QED) is 0.709. The molecule has 1 aliphatic carbocycles. The van der Waals surface area contributed by atoms with Gasteiger partial charge in [0.25, 0.3) is 0 Å². The van der Waals surface area contributed by atoms with Crippen molar-refractivity contribution < 1.29 is 0 Å². The van der Waals surface area contributed by atoms with Gasteiger partial charge in [-0.25, -0.2) is 19.9 Å². The first-order chi connectivity index (χ1) is 11.7. The Labute approximate surface area is 144 Å². The minimum absolute atomic E-state index is 0.285. The molecule has 2 aromatic heterocycles. The largest absolute Gasteiger partial charge is 0.393 e. The van der Waals surface area contributed by atoms with Crippen molar-refractivity contribution in [1.82, 2.24) is 19.9 Å². The lowest BCUT2D eigenvalue weighted by Gasteiger charge is -2.36. The number of benzene rings is 1. The van der Waals surface area contributed by atoms with Crippen molar-refractivity contribution in [2.24, 2.45) is 5.92 Å². The lowest BCUT2D eigenvalue weighted by Crippen LogP contribution is -2.37. The number of rotatable bonds is 4. The van der Waals surface area contributed by atoms with Gasteiger partial charge in [-0.15, -0.1) is 0 Å². The van der Waals surface area contributed by atoms with E-state index in [2.05, 4.69) is 25.3 Å². The van der Waals surface area contributed by atoms with Crippen molar-refractivity contribution in [3.05, 3.63) is 47.8 Å². The van der Waals surface area contributed by atoms with E-state index in [1.54, 1.807) is 0 Å². The molecule has 24 heavy (non-hydrogen) atoms. The summed E-state index contributed by atoms with van der Waals surface area (Å²) in [6, 6.07) is 8.40. The Kier molecular flexibility index (Phi) is 3.90. The lowest BCUT2D eigenvalue weighted by atomic mass is 9.78. The highest BCUT2D eigenvalue weighted by atomic mass is 35.5. The summed E-state index contributed by atoms with van der Waals surface area (Å²) in [6.45, 7) is 0. The van der Waals surface area contributed by atoms with Crippen LogP contribution in [0.3, 0.4) is 0 Å². The number of para-hydroxylation sites is 1. The highest BCUT2D eigenvalue weighted by molar-refractivity contribution is 6.32. The number of nitrogens with two attached hydrogens (primary N) is 1. The molecule has 122 valence electrons. The van der Waals surface area contributed by atoms with Crippen molar-refractivity contribution in [2.45, 2.75) is 25.3 Å². The van der Waals surface area contributed by atoms with E-state index in [0.717, 1.165) is 36.0 Å². The molecule has 0 unspecified atom stereocenters. The van der Waals surface area contributed by atoms with Crippen LogP contribution >= 0.6 is 11.6 Å². The molecule has 0 aliphatic heterocycles. The molecule has 1 fully saturated rings.